The van der Waals surface area contributed by atoms with E-state index in [9.17, 15) is 14.7 Å². The smallest absolute Gasteiger partial charge is 0.273 e. The molecule has 7 nitrogen and oxygen atoms in total. The Morgan fingerprint density at radius 2 is 1.61 bits per heavy atom. The van der Waals surface area contributed by atoms with Gasteiger partial charge in [-0.1, -0.05) is 18.2 Å². The van der Waals surface area contributed by atoms with E-state index in [1.807, 2.05) is 0 Å². The monoisotopic (exact) mass is 331 g/mol. The van der Waals surface area contributed by atoms with Gasteiger partial charge in [-0.15, -0.1) is 0 Å². The van der Waals surface area contributed by atoms with Crippen LogP contribution in [0.2, 0.25) is 0 Å². The van der Waals surface area contributed by atoms with Crippen molar-refractivity contribution in [3.05, 3.63) is 59.7 Å². The highest BCUT2D eigenvalue weighted by Crippen LogP contribution is 2.21. The zero-order valence-electron chi connectivity index (χ0n) is 11.7. The van der Waals surface area contributed by atoms with Gasteiger partial charge in [0.1, 0.15) is 11.5 Å². The number of benzene rings is 2. The molecule has 118 valence electrons. The van der Waals surface area contributed by atoms with Crippen molar-refractivity contribution in [2.75, 3.05) is 0 Å². The summed E-state index contributed by atoms with van der Waals surface area (Å²) in [5.41, 5.74) is 4.93. The molecule has 0 radical (unpaired) electrons. The lowest BCUT2D eigenvalue weighted by atomic mass is 10.2. The number of amides is 2. The average molecular weight is 331 g/mol. The van der Waals surface area contributed by atoms with Gasteiger partial charge in [0.05, 0.1) is 5.56 Å². The summed E-state index contributed by atoms with van der Waals surface area (Å²) in [7, 11) is 0. The van der Waals surface area contributed by atoms with Crippen LogP contribution < -0.4 is 16.2 Å². The molecule has 5 N–H and O–H groups in total. The molecule has 0 aliphatic rings. The Balaban J connectivity index is 1.89. The Hall–Kier alpha value is -3.13. The van der Waals surface area contributed by atoms with Crippen molar-refractivity contribution in [3.63, 3.8) is 0 Å². The molecular weight excluding hydrogens is 318 g/mol. The fraction of sp³-hybridized carbons (Fsp3) is 0. The number of carbonyl (C=O) groups is 2. The summed E-state index contributed by atoms with van der Waals surface area (Å²) in [4.78, 5) is 23.7. The fourth-order valence-corrected chi connectivity index (χ4v) is 1.83. The minimum Gasteiger partial charge on any atom is -0.508 e. The van der Waals surface area contributed by atoms with Crippen molar-refractivity contribution in [1.29, 1.82) is 0 Å². The van der Waals surface area contributed by atoms with E-state index in [-0.39, 0.29) is 22.2 Å². The highest BCUT2D eigenvalue weighted by molar-refractivity contribution is 7.80. The van der Waals surface area contributed by atoms with E-state index in [0.29, 0.717) is 5.56 Å². The predicted molar refractivity (Wildman–Crippen MR) is 86.9 cm³/mol. The first kappa shape index (κ1) is 16.2. The third kappa shape index (κ3) is 4.42. The van der Waals surface area contributed by atoms with Crippen molar-refractivity contribution in [1.82, 2.24) is 16.2 Å². The van der Waals surface area contributed by atoms with Crippen LogP contribution in [0.1, 0.15) is 20.7 Å². The van der Waals surface area contributed by atoms with Gasteiger partial charge in [0.2, 0.25) is 0 Å². The van der Waals surface area contributed by atoms with Gasteiger partial charge in [-0.2, -0.15) is 0 Å². The number of phenols is 2. The molecule has 0 aliphatic carbocycles. The maximum Gasteiger partial charge on any atom is 0.273 e. The first-order chi connectivity index (χ1) is 11.0. The van der Waals surface area contributed by atoms with Crippen molar-refractivity contribution in [3.8, 4) is 11.5 Å². The van der Waals surface area contributed by atoms with Gasteiger partial charge in [-0.05, 0) is 36.5 Å². The number of hydrazine groups is 1. The summed E-state index contributed by atoms with van der Waals surface area (Å²) >= 11 is 4.89. The van der Waals surface area contributed by atoms with Crippen molar-refractivity contribution in [2.24, 2.45) is 0 Å². The van der Waals surface area contributed by atoms with Gasteiger partial charge in [-0.3, -0.25) is 25.8 Å². The second-order valence-electron chi connectivity index (χ2n) is 4.43. The normalized spacial score (nSPS) is 9.74. The zero-order chi connectivity index (χ0) is 16.8. The van der Waals surface area contributed by atoms with Crippen LogP contribution in [0.3, 0.4) is 0 Å². The molecule has 0 bridgehead atoms. The summed E-state index contributed by atoms with van der Waals surface area (Å²) in [5, 5.41) is 21.0. The summed E-state index contributed by atoms with van der Waals surface area (Å²) in [5.74, 6) is -1.66. The number of aromatic hydroxyl groups is 2. The number of nitrogens with one attached hydrogen (secondary N) is 3. The number of hydrogen-bond donors (Lipinski definition) is 5. The van der Waals surface area contributed by atoms with E-state index in [0.717, 1.165) is 6.07 Å². The molecule has 0 saturated heterocycles. The number of phenolic OH excluding ortho intramolecular Hbond substituents is 2. The van der Waals surface area contributed by atoms with Crippen LogP contribution in [0, 0.1) is 0 Å². The quantitative estimate of drug-likeness (QED) is 0.415. The predicted octanol–water partition coefficient (Wildman–Crippen LogP) is 1.05. The largest absolute Gasteiger partial charge is 0.508 e. The molecule has 2 aromatic carbocycles. The lowest BCUT2D eigenvalue weighted by Gasteiger charge is -2.11. The third-order valence-corrected chi connectivity index (χ3v) is 2.98. The molecule has 0 aromatic heterocycles. The first-order valence-corrected chi connectivity index (χ1v) is 6.87. The maximum absolute atomic E-state index is 11.8. The molecule has 0 spiro atoms. The average Bonchev–Trinajstić information content (AvgIpc) is 2.53. The molecule has 2 aromatic rings. The van der Waals surface area contributed by atoms with E-state index < -0.39 is 11.8 Å². The Kier molecular flexibility index (Phi) is 5.11. The second kappa shape index (κ2) is 7.23. The molecule has 0 atom stereocenters. The Morgan fingerprint density at radius 1 is 0.913 bits per heavy atom. The van der Waals surface area contributed by atoms with Crippen molar-refractivity contribution >= 4 is 29.1 Å². The van der Waals surface area contributed by atoms with Gasteiger partial charge in [-0.25, -0.2) is 0 Å². The SMILES string of the molecule is O=C(NC(=S)NNC(=O)c1ccc(O)cc1O)c1ccccc1. The first-order valence-electron chi connectivity index (χ1n) is 6.46. The zero-order valence-corrected chi connectivity index (χ0v) is 12.6. The Labute approximate surface area is 136 Å². The molecule has 8 heteroatoms. The highest BCUT2D eigenvalue weighted by Gasteiger charge is 2.12. The third-order valence-electron chi connectivity index (χ3n) is 2.78. The molecule has 0 heterocycles. The Morgan fingerprint density at radius 3 is 2.26 bits per heavy atom. The van der Waals surface area contributed by atoms with E-state index in [4.69, 9.17) is 17.3 Å². The van der Waals surface area contributed by atoms with Gasteiger partial charge < -0.3 is 10.2 Å². The van der Waals surface area contributed by atoms with E-state index in [1.54, 1.807) is 30.3 Å². The van der Waals surface area contributed by atoms with Gasteiger partial charge in [0, 0.05) is 11.6 Å². The number of thiocarbonyl (C=S) groups is 1. The molecule has 0 unspecified atom stereocenters. The minimum atomic E-state index is -0.682. The van der Waals surface area contributed by atoms with Crippen LogP contribution in [0.15, 0.2) is 48.5 Å². The molecular formula is C15H13N3O4S. The molecule has 0 saturated carbocycles. The van der Waals surface area contributed by atoms with Crippen molar-refractivity contribution in [2.45, 2.75) is 0 Å². The fourth-order valence-electron chi connectivity index (χ4n) is 1.69. The number of carbonyl (C=O) groups excluding carboxylic acids is 2. The summed E-state index contributed by atoms with van der Waals surface area (Å²) in [6.45, 7) is 0. The van der Waals surface area contributed by atoms with E-state index >= 15 is 0 Å². The van der Waals surface area contributed by atoms with Crippen LogP contribution in [-0.4, -0.2) is 27.1 Å². The minimum absolute atomic E-state index is 0.0625. The molecule has 0 aliphatic heterocycles. The van der Waals surface area contributed by atoms with E-state index in [1.165, 1.54) is 12.1 Å². The lowest BCUT2D eigenvalue weighted by Crippen LogP contribution is -2.48. The molecule has 2 rings (SSSR count). The van der Waals surface area contributed by atoms with Gasteiger partial charge in [0.15, 0.2) is 5.11 Å². The van der Waals surface area contributed by atoms with Crippen LogP contribution in [0.5, 0.6) is 11.5 Å². The number of hydrogen-bond acceptors (Lipinski definition) is 5. The second-order valence-corrected chi connectivity index (χ2v) is 4.84. The molecule has 0 fully saturated rings. The Bertz CT molecular complexity index is 750. The van der Waals surface area contributed by atoms with Crippen LogP contribution in [0.25, 0.3) is 0 Å². The summed E-state index contributed by atoms with van der Waals surface area (Å²) in [6, 6.07) is 12.0. The van der Waals surface area contributed by atoms with E-state index in [2.05, 4.69) is 16.2 Å². The lowest BCUT2D eigenvalue weighted by molar-refractivity contribution is 0.0932. The highest BCUT2D eigenvalue weighted by atomic mass is 32.1. The van der Waals surface area contributed by atoms with Gasteiger partial charge in [0.25, 0.3) is 11.8 Å². The van der Waals surface area contributed by atoms with Crippen LogP contribution in [0.4, 0.5) is 0 Å². The van der Waals surface area contributed by atoms with Crippen molar-refractivity contribution < 1.29 is 19.8 Å². The van der Waals surface area contributed by atoms with Crippen LogP contribution in [-0.2, 0) is 0 Å². The molecule has 2 amide bonds. The summed E-state index contributed by atoms with van der Waals surface area (Å²) in [6.07, 6.45) is 0. The standard InChI is InChI=1S/C15H13N3O4S/c19-10-6-7-11(12(20)8-10)14(22)17-18-15(23)16-13(21)9-4-2-1-3-5-9/h1-8,19-20H,(H,17,22)(H2,16,18,21,23). The number of rotatable bonds is 2. The topological polar surface area (TPSA) is 111 Å². The van der Waals surface area contributed by atoms with Crippen LogP contribution >= 0.6 is 12.2 Å². The van der Waals surface area contributed by atoms with Gasteiger partial charge >= 0.3 is 0 Å². The molecule has 23 heavy (non-hydrogen) atoms. The summed E-state index contributed by atoms with van der Waals surface area (Å²) < 4.78 is 0. The maximum atomic E-state index is 11.8.